The molecule has 1 aromatic rings. The lowest BCUT2D eigenvalue weighted by molar-refractivity contribution is -0.123. The first kappa shape index (κ1) is 14.9. The van der Waals surface area contributed by atoms with Gasteiger partial charge in [0.2, 0.25) is 0 Å². The van der Waals surface area contributed by atoms with Gasteiger partial charge in [-0.05, 0) is 26.7 Å². The van der Waals surface area contributed by atoms with Crippen molar-refractivity contribution < 1.29 is 19.5 Å². The van der Waals surface area contributed by atoms with E-state index in [4.69, 9.17) is 5.11 Å². The first-order valence-corrected chi connectivity index (χ1v) is 6.72. The van der Waals surface area contributed by atoms with Gasteiger partial charge in [0.15, 0.2) is 5.69 Å². The van der Waals surface area contributed by atoms with Crippen LogP contribution in [-0.2, 0) is 4.79 Å². The summed E-state index contributed by atoms with van der Waals surface area (Å²) in [6.45, 7) is 3.67. The largest absolute Gasteiger partial charge is 0.476 e. The van der Waals surface area contributed by atoms with Gasteiger partial charge < -0.3 is 10.4 Å². The van der Waals surface area contributed by atoms with E-state index in [-0.39, 0.29) is 11.6 Å². The third kappa shape index (κ3) is 3.18. The Morgan fingerprint density at radius 2 is 2.10 bits per heavy atom. The predicted molar refractivity (Wildman–Crippen MR) is 70.9 cm³/mol. The summed E-state index contributed by atoms with van der Waals surface area (Å²) in [5.74, 6) is -1.67. The number of imide groups is 1. The van der Waals surface area contributed by atoms with Crippen LogP contribution in [0, 0.1) is 0 Å². The Kier molecular flexibility index (Phi) is 4.20. The summed E-state index contributed by atoms with van der Waals surface area (Å²) in [7, 11) is 0. The minimum absolute atomic E-state index is 0.0609. The molecule has 9 nitrogen and oxygen atoms in total. The van der Waals surface area contributed by atoms with E-state index in [1.807, 2.05) is 0 Å². The van der Waals surface area contributed by atoms with E-state index in [0.29, 0.717) is 12.2 Å². The zero-order chi connectivity index (χ0) is 15.6. The molecule has 1 aromatic heterocycles. The summed E-state index contributed by atoms with van der Waals surface area (Å²) in [4.78, 5) is 34.5. The molecule has 1 aliphatic rings. The maximum atomic E-state index is 12.0. The normalized spacial score (nSPS) is 15.3. The van der Waals surface area contributed by atoms with Crippen LogP contribution in [0.5, 0.6) is 0 Å². The second-order valence-corrected chi connectivity index (χ2v) is 4.87. The number of nitrogens with one attached hydrogen (secondary N) is 2. The summed E-state index contributed by atoms with van der Waals surface area (Å²) >= 11 is 0. The molecule has 0 aromatic carbocycles. The number of hydrogen-bond acceptors (Lipinski definition) is 5. The fraction of sp³-hybridized carbons (Fsp3) is 0.583. The fourth-order valence-electron chi connectivity index (χ4n) is 2.01. The smallest absolute Gasteiger partial charge is 0.358 e. The van der Waals surface area contributed by atoms with Crippen LogP contribution in [0.2, 0.25) is 0 Å². The van der Waals surface area contributed by atoms with Gasteiger partial charge in [0.05, 0.1) is 5.69 Å². The van der Waals surface area contributed by atoms with E-state index in [0.717, 1.165) is 12.8 Å². The highest BCUT2D eigenvalue weighted by Crippen LogP contribution is 2.41. The summed E-state index contributed by atoms with van der Waals surface area (Å²) in [5, 5.41) is 21.1. The zero-order valence-electron chi connectivity index (χ0n) is 11.8. The second kappa shape index (κ2) is 5.90. The van der Waals surface area contributed by atoms with Crippen molar-refractivity contribution in [3.8, 4) is 0 Å². The first-order valence-electron chi connectivity index (χ1n) is 6.72. The van der Waals surface area contributed by atoms with Crippen molar-refractivity contribution in [3.63, 3.8) is 0 Å². The van der Waals surface area contributed by atoms with Crippen molar-refractivity contribution in [2.24, 2.45) is 0 Å². The van der Waals surface area contributed by atoms with Crippen molar-refractivity contribution in [2.75, 3.05) is 6.54 Å². The van der Waals surface area contributed by atoms with Crippen LogP contribution in [0.15, 0.2) is 0 Å². The van der Waals surface area contributed by atoms with E-state index in [2.05, 4.69) is 20.9 Å². The molecule has 1 atom stereocenters. The molecule has 1 fully saturated rings. The van der Waals surface area contributed by atoms with Crippen LogP contribution in [0.4, 0.5) is 4.79 Å². The van der Waals surface area contributed by atoms with Gasteiger partial charge in [0.25, 0.3) is 5.91 Å². The van der Waals surface area contributed by atoms with E-state index in [1.54, 1.807) is 13.8 Å². The predicted octanol–water partition coefficient (Wildman–Crippen LogP) is 0.260. The number of aromatic carboxylic acids is 1. The SMILES string of the molecule is CCNC(=O)NC(=O)C(C)n1nnc(C(=O)O)c1C1CC1. The highest BCUT2D eigenvalue weighted by molar-refractivity contribution is 5.96. The molecule has 3 amide bonds. The molecule has 0 spiro atoms. The van der Waals surface area contributed by atoms with Gasteiger partial charge in [-0.15, -0.1) is 5.10 Å². The Labute approximate surface area is 120 Å². The number of aromatic nitrogens is 3. The molecule has 1 unspecified atom stereocenters. The van der Waals surface area contributed by atoms with Gasteiger partial charge in [0, 0.05) is 12.5 Å². The maximum absolute atomic E-state index is 12.0. The quantitative estimate of drug-likeness (QED) is 0.715. The Hall–Kier alpha value is -2.45. The third-order valence-corrected chi connectivity index (χ3v) is 3.22. The molecular formula is C12H17N5O4. The van der Waals surface area contributed by atoms with Crippen molar-refractivity contribution in [2.45, 2.75) is 38.6 Å². The number of carbonyl (C=O) groups excluding carboxylic acids is 2. The highest BCUT2D eigenvalue weighted by atomic mass is 16.4. The number of carboxylic acids is 1. The molecule has 0 saturated heterocycles. The number of rotatable bonds is 5. The lowest BCUT2D eigenvalue weighted by atomic mass is 10.2. The summed E-state index contributed by atoms with van der Waals surface area (Å²) in [5.41, 5.74) is 0.316. The van der Waals surface area contributed by atoms with E-state index >= 15 is 0 Å². The molecule has 9 heteroatoms. The minimum atomic E-state index is -1.17. The number of hydrogen-bond donors (Lipinski definition) is 3. The molecule has 1 saturated carbocycles. The van der Waals surface area contributed by atoms with Crippen LogP contribution in [0.1, 0.15) is 54.8 Å². The topological polar surface area (TPSA) is 126 Å². The van der Waals surface area contributed by atoms with Crippen LogP contribution >= 0.6 is 0 Å². The molecule has 0 bridgehead atoms. The average molecular weight is 295 g/mol. The van der Waals surface area contributed by atoms with Gasteiger partial charge in [-0.2, -0.15) is 0 Å². The summed E-state index contributed by atoms with van der Waals surface area (Å²) in [6, 6.07) is -1.41. The molecule has 3 N–H and O–H groups in total. The van der Waals surface area contributed by atoms with E-state index in [1.165, 1.54) is 4.68 Å². The first-order chi connectivity index (χ1) is 9.95. The lowest BCUT2D eigenvalue weighted by Gasteiger charge is -2.14. The Morgan fingerprint density at radius 1 is 1.43 bits per heavy atom. The van der Waals surface area contributed by atoms with Crippen molar-refractivity contribution in [3.05, 3.63) is 11.4 Å². The van der Waals surface area contributed by atoms with Gasteiger partial charge in [-0.3, -0.25) is 10.1 Å². The molecule has 0 radical (unpaired) electrons. The Morgan fingerprint density at radius 3 is 2.62 bits per heavy atom. The Balaban J connectivity index is 2.19. The summed E-state index contributed by atoms with van der Waals surface area (Å²) < 4.78 is 1.29. The van der Waals surface area contributed by atoms with Gasteiger partial charge in [0.1, 0.15) is 6.04 Å². The average Bonchev–Trinajstić information content (AvgIpc) is 3.16. The minimum Gasteiger partial charge on any atom is -0.476 e. The van der Waals surface area contributed by atoms with Gasteiger partial charge in [-0.25, -0.2) is 14.3 Å². The van der Waals surface area contributed by atoms with Crippen LogP contribution in [0.3, 0.4) is 0 Å². The monoisotopic (exact) mass is 295 g/mol. The second-order valence-electron chi connectivity index (χ2n) is 4.87. The molecule has 2 rings (SSSR count). The Bertz CT molecular complexity index is 578. The third-order valence-electron chi connectivity index (χ3n) is 3.22. The molecular weight excluding hydrogens is 278 g/mol. The van der Waals surface area contributed by atoms with Crippen molar-refractivity contribution >= 4 is 17.9 Å². The summed E-state index contributed by atoms with van der Waals surface area (Å²) in [6.07, 6.45) is 1.69. The number of carboxylic acid groups (broad SMARTS) is 1. The van der Waals surface area contributed by atoms with Crippen molar-refractivity contribution in [1.82, 2.24) is 25.6 Å². The van der Waals surface area contributed by atoms with Crippen LogP contribution < -0.4 is 10.6 Å². The van der Waals surface area contributed by atoms with Gasteiger partial charge in [-0.1, -0.05) is 5.21 Å². The van der Waals surface area contributed by atoms with Crippen LogP contribution in [0.25, 0.3) is 0 Å². The molecule has 1 aliphatic carbocycles. The standard InChI is InChI=1S/C12H17N5O4/c1-3-13-12(21)14-10(18)6(2)17-9(7-4-5-7)8(11(19)20)15-16-17/h6-7H,3-5H2,1-2H3,(H,19,20)(H2,13,14,18,21). The van der Waals surface area contributed by atoms with Crippen molar-refractivity contribution in [1.29, 1.82) is 0 Å². The van der Waals surface area contributed by atoms with Gasteiger partial charge >= 0.3 is 12.0 Å². The molecule has 114 valence electrons. The zero-order valence-corrected chi connectivity index (χ0v) is 11.8. The fourth-order valence-corrected chi connectivity index (χ4v) is 2.01. The highest BCUT2D eigenvalue weighted by Gasteiger charge is 2.36. The van der Waals surface area contributed by atoms with Crippen LogP contribution in [-0.4, -0.2) is 44.6 Å². The number of nitrogens with zero attached hydrogens (tertiary/aromatic N) is 3. The number of urea groups is 1. The number of amides is 3. The van der Waals surface area contributed by atoms with E-state index < -0.39 is 23.9 Å². The molecule has 1 heterocycles. The molecule has 0 aliphatic heterocycles. The maximum Gasteiger partial charge on any atom is 0.358 e. The molecule has 21 heavy (non-hydrogen) atoms. The lowest BCUT2D eigenvalue weighted by Crippen LogP contribution is -2.42. The van der Waals surface area contributed by atoms with E-state index in [9.17, 15) is 14.4 Å². The number of carbonyl (C=O) groups is 3.